The van der Waals surface area contributed by atoms with E-state index in [1.165, 1.54) is 25.3 Å². The molecule has 0 aromatic heterocycles. The zero-order valence-corrected chi connectivity index (χ0v) is 14.8. The van der Waals surface area contributed by atoms with Gasteiger partial charge in [0.1, 0.15) is 0 Å². The molecule has 0 unspecified atom stereocenters. The van der Waals surface area contributed by atoms with Crippen molar-refractivity contribution in [2.24, 2.45) is 0 Å². The van der Waals surface area contributed by atoms with Crippen molar-refractivity contribution in [3.05, 3.63) is 69.3 Å². The molecule has 0 bridgehead atoms. The highest BCUT2D eigenvalue weighted by atomic mass is 32.1. The third-order valence-electron chi connectivity index (χ3n) is 3.48. The molecule has 0 saturated heterocycles. The maximum Gasteiger partial charge on any atom is 0.339 e. The Morgan fingerprint density at radius 1 is 1.19 bits per heavy atom. The largest absolute Gasteiger partial charge is 0.465 e. The molecule has 0 aliphatic carbocycles. The quantitative estimate of drug-likeness (QED) is 0.367. The van der Waals surface area contributed by atoms with Crippen molar-refractivity contribution in [2.75, 3.05) is 12.4 Å². The lowest BCUT2D eigenvalue weighted by molar-refractivity contribution is -0.385. The van der Waals surface area contributed by atoms with Crippen molar-refractivity contribution in [1.29, 1.82) is 0 Å². The van der Waals surface area contributed by atoms with E-state index in [1.54, 1.807) is 31.2 Å². The minimum atomic E-state index is -0.610. The monoisotopic (exact) mass is 373 g/mol. The second-order valence-electron chi connectivity index (χ2n) is 5.20. The van der Waals surface area contributed by atoms with Gasteiger partial charge in [-0.05, 0) is 37.3 Å². The minimum Gasteiger partial charge on any atom is -0.465 e. The number of carbonyl (C=O) groups is 2. The second-order valence-corrected chi connectivity index (χ2v) is 5.61. The molecule has 9 heteroatoms. The number of nitro groups is 1. The minimum absolute atomic E-state index is 0.0606. The molecule has 134 valence electrons. The lowest BCUT2D eigenvalue weighted by Crippen LogP contribution is -2.34. The molecule has 0 heterocycles. The van der Waals surface area contributed by atoms with E-state index < -0.39 is 16.8 Å². The summed E-state index contributed by atoms with van der Waals surface area (Å²) in [7, 11) is 1.25. The van der Waals surface area contributed by atoms with E-state index in [0.717, 1.165) is 0 Å². The van der Waals surface area contributed by atoms with Crippen molar-refractivity contribution < 1.29 is 19.2 Å². The third-order valence-corrected chi connectivity index (χ3v) is 3.68. The molecule has 0 aliphatic heterocycles. The van der Waals surface area contributed by atoms with Crippen LogP contribution in [0.3, 0.4) is 0 Å². The lowest BCUT2D eigenvalue weighted by Gasteiger charge is -2.12. The van der Waals surface area contributed by atoms with Gasteiger partial charge in [-0.2, -0.15) is 0 Å². The average Bonchev–Trinajstić information content (AvgIpc) is 2.61. The number of amides is 1. The van der Waals surface area contributed by atoms with Gasteiger partial charge in [0.15, 0.2) is 5.11 Å². The highest BCUT2D eigenvalue weighted by Gasteiger charge is 2.17. The number of esters is 1. The van der Waals surface area contributed by atoms with Gasteiger partial charge in [0.2, 0.25) is 0 Å². The number of nitro benzene ring substituents is 1. The Balaban J connectivity index is 2.14. The van der Waals surface area contributed by atoms with Crippen LogP contribution in [0.2, 0.25) is 0 Å². The van der Waals surface area contributed by atoms with E-state index >= 15 is 0 Å². The summed E-state index contributed by atoms with van der Waals surface area (Å²) in [4.78, 5) is 34.4. The maximum atomic E-state index is 12.3. The summed E-state index contributed by atoms with van der Waals surface area (Å²) in [5, 5.41) is 16.1. The summed E-state index contributed by atoms with van der Waals surface area (Å²) in [6.45, 7) is 1.58. The van der Waals surface area contributed by atoms with Gasteiger partial charge in [0.25, 0.3) is 11.6 Å². The molecule has 0 atom stereocenters. The van der Waals surface area contributed by atoms with Gasteiger partial charge >= 0.3 is 5.97 Å². The van der Waals surface area contributed by atoms with Gasteiger partial charge < -0.3 is 10.1 Å². The van der Waals surface area contributed by atoms with Gasteiger partial charge in [-0.25, -0.2) is 4.79 Å². The molecule has 2 N–H and O–H groups in total. The van der Waals surface area contributed by atoms with Crippen LogP contribution in [0.4, 0.5) is 11.4 Å². The number of aryl methyl sites for hydroxylation is 1. The molecule has 2 aromatic carbocycles. The molecule has 0 radical (unpaired) electrons. The number of nitrogens with zero attached hydrogens (tertiary/aromatic N) is 1. The Morgan fingerprint density at radius 2 is 1.88 bits per heavy atom. The Hall–Kier alpha value is -3.33. The molecule has 0 aliphatic rings. The summed E-state index contributed by atoms with van der Waals surface area (Å²) in [6, 6.07) is 10.6. The van der Waals surface area contributed by atoms with Crippen LogP contribution in [-0.2, 0) is 4.74 Å². The van der Waals surface area contributed by atoms with Crippen LogP contribution < -0.4 is 10.6 Å². The van der Waals surface area contributed by atoms with Crippen LogP contribution >= 0.6 is 12.2 Å². The first-order valence-electron chi connectivity index (χ1n) is 7.38. The SMILES string of the molecule is COC(=O)c1ccccc1NC(=S)NC(=O)c1ccc(C)c([N+](=O)[O-])c1. The number of thiocarbonyl (C=S) groups is 1. The molecule has 2 rings (SSSR count). The number of carbonyl (C=O) groups excluding carboxylic acids is 2. The van der Waals surface area contributed by atoms with E-state index in [0.29, 0.717) is 11.3 Å². The highest BCUT2D eigenvalue weighted by molar-refractivity contribution is 7.80. The fourth-order valence-corrected chi connectivity index (χ4v) is 2.36. The molecule has 1 amide bonds. The fourth-order valence-electron chi connectivity index (χ4n) is 2.16. The van der Waals surface area contributed by atoms with Gasteiger partial charge in [-0.1, -0.05) is 18.2 Å². The van der Waals surface area contributed by atoms with E-state index in [1.807, 2.05) is 0 Å². The standard InChI is InChI=1S/C17H15N3O5S/c1-10-7-8-11(9-14(10)20(23)24)15(21)19-17(26)18-13-6-4-3-5-12(13)16(22)25-2/h3-9H,1-2H3,(H2,18,19,21,26). The van der Waals surface area contributed by atoms with Crippen LogP contribution in [0.1, 0.15) is 26.3 Å². The number of hydrogen-bond acceptors (Lipinski definition) is 6. The number of nitrogens with one attached hydrogen (secondary N) is 2. The van der Waals surface area contributed by atoms with Gasteiger partial charge in [0.05, 0.1) is 23.3 Å². The zero-order chi connectivity index (χ0) is 19.3. The highest BCUT2D eigenvalue weighted by Crippen LogP contribution is 2.19. The Morgan fingerprint density at radius 3 is 2.54 bits per heavy atom. The molecule has 0 fully saturated rings. The predicted octanol–water partition coefficient (Wildman–Crippen LogP) is 2.82. The fraction of sp³-hybridized carbons (Fsp3) is 0.118. The number of methoxy groups -OCH3 is 1. The number of hydrogen-bond donors (Lipinski definition) is 2. The first kappa shape index (κ1) is 19.0. The Kier molecular flexibility index (Phi) is 5.97. The van der Waals surface area contributed by atoms with Crippen LogP contribution in [0.5, 0.6) is 0 Å². The third kappa shape index (κ3) is 4.39. The molecule has 8 nitrogen and oxygen atoms in total. The number of anilines is 1. The first-order valence-corrected chi connectivity index (χ1v) is 7.79. The summed E-state index contributed by atoms with van der Waals surface area (Å²) >= 11 is 5.08. The molecule has 0 spiro atoms. The summed E-state index contributed by atoms with van der Waals surface area (Å²) in [6.07, 6.45) is 0. The van der Waals surface area contributed by atoms with Gasteiger partial charge in [-0.15, -0.1) is 0 Å². The van der Waals surface area contributed by atoms with Crippen molar-refractivity contribution in [3.63, 3.8) is 0 Å². The second kappa shape index (κ2) is 8.17. The summed E-state index contributed by atoms with van der Waals surface area (Å²) in [5.74, 6) is -1.17. The smallest absolute Gasteiger partial charge is 0.339 e. The number of para-hydroxylation sites is 1. The van der Waals surface area contributed by atoms with E-state index in [2.05, 4.69) is 15.4 Å². The number of rotatable bonds is 4. The van der Waals surface area contributed by atoms with Gasteiger partial charge in [0, 0.05) is 17.2 Å². The molecule has 0 saturated carbocycles. The van der Waals surface area contributed by atoms with E-state index in [9.17, 15) is 19.7 Å². The van der Waals surface area contributed by atoms with Gasteiger partial charge in [-0.3, -0.25) is 20.2 Å². The summed E-state index contributed by atoms with van der Waals surface area (Å²) in [5.41, 5.74) is 0.983. The van der Waals surface area contributed by atoms with Crippen LogP contribution in [0.25, 0.3) is 0 Å². The molecular formula is C17H15N3O5S. The normalized spacial score (nSPS) is 9.92. The molecule has 26 heavy (non-hydrogen) atoms. The number of benzene rings is 2. The van der Waals surface area contributed by atoms with Crippen LogP contribution in [0.15, 0.2) is 42.5 Å². The summed E-state index contributed by atoms with van der Waals surface area (Å²) < 4.78 is 4.68. The molecular weight excluding hydrogens is 358 g/mol. The first-order chi connectivity index (χ1) is 12.3. The Bertz CT molecular complexity index is 898. The van der Waals surface area contributed by atoms with Crippen LogP contribution in [-0.4, -0.2) is 29.0 Å². The molecule has 2 aromatic rings. The van der Waals surface area contributed by atoms with E-state index in [-0.39, 0.29) is 21.9 Å². The van der Waals surface area contributed by atoms with Crippen molar-refractivity contribution in [3.8, 4) is 0 Å². The predicted molar refractivity (Wildman–Crippen MR) is 99.3 cm³/mol. The van der Waals surface area contributed by atoms with Crippen LogP contribution in [0, 0.1) is 17.0 Å². The van der Waals surface area contributed by atoms with E-state index in [4.69, 9.17) is 12.2 Å². The average molecular weight is 373 g/mol. The maximum absolute atomic E-state index is 12.3. The Labute approximate surface area is 154 Å². The van der Waals surface area contributed by atoms with Crippen molar-refractivity contribution in [2.45, 2.75) is 6.92 Å². The topological polar surface area (TPSA) is 111 Å². The van der Waals surface area contributed by atoms with Crippen molar-refractivity contribution in [1.82, 2.24) is 5.32 Å². The zero-order valence-electron chi connectivity index (χ0n) is 13.9. The number of ether oxygens (including phenoxy) is 1. The lowest BCUT2D eigenvalue weighted by atomic mass is 10.1. The van der Waals surface area contributed by atoms with Crippen molar-refractivity contribution >= 4 is 40.6 Å².